The number of ether oxygens (including phenoxy) is 2. The molecule has 0 spiro atoms. The zero-order chi connectivity index (χ0) is 29.1. The minimum Gasteiger partial charge on any atom is -0.488 e. The van der Waals surface area contributed by atoms with Gasteiger partial charge in [-0.25, -0.2) is 9.79 Å². The average molecular weight is 676 g/mol. The first-order valence-corrected chi connectivity index (χ1v) is 14.9. The van der Waals surface area contributed by atoms with E-state index in [0.717, 1.165) is 25.8 Å². The van der Waals surface area contributed by atoms with Gasteiger partial charge in [0.25, 0.3) is 5.56 Å². The highest BCUT2D eigenvalue weighted by Crippen LogP contribution is 2.31. The van der Waals surface area contributed by atoms with Crippen LogP contribution in [0.15, 0.2) is 87.8 Å². The monoisotopic (exact) mass is 675 g/mol. The van der Waals surface area contributed by atoms with Crippen molar-refractivity contribution < 1.29 is 14.3 Å². The van der Waals surface area contributed by atoms with Crippen molar-refractivity contribution in [2.45, 2.75) is 33.4 Å². The molecule has 3 aromatic carbocycles. The molecule has 0 saturated heterocycles. The van der Waals surface area contributed by atoms with E-state index >= 15 is 0 Å². The largest absolute Gasteiger partial charge is 0.488 e. The number of aromatic nitrogens is 1. The topological polar surface area (TPSA) is 93.7 Å². The quantitative estimate of drug-likeness (QED) is 0.199. The van der Waals surface area contributed by atoms with Gasteiger partial charge in [0.15, 0.2) is 4.80 Å². The lowest BCUT2D eigenvalue weighted by Gasteiger charge is -2.24. The summed E-state index contributed by atoms with van der Waals surface area (Å²) in [6, 6.07) is 22.4. The Balaban J connectivity index is 1.52. The fourth-order valence-corrected chi connectivity index (χ4v) is 6.38. The molecule has 0 amide bonds. The molecule has 0 aliphatic carbocycles. The summed E-state index contributed by atoms with van der Waals surface area (Å²) >= 11 is 3.49. The highest BCUT2D eigenvalue weighted by molar-refractivity contribution is 14.1. The van der Waals surface area contributed by atoms with E-state index in [4.69, 9.17) is 9.47 Å². The summed E-state index contributed by atoms with van der Waals surface area (Å²) in [5, 5.41) is 9.33. The summed E-state index contributed by atoms with van der Waals surface area (Å²) in [6.45, 7) is 6.03. The van der Waals surface area contributed by atoms with Crippen LogP contribution >= 0.6 is 33.9 Å². The Hall–Kier alpha value is -4.01. The summed E-state index contributed by atoms with van der Waals surface area (Å²) < 4.78 is 14.3. The molecule has 0 fully saturated rings. The molecule has 0 bridgehead atoms. The predicted octanol–water partition coefficient (Wildman–Crippen LogP) is 5.16. The van der Waals surface area contributed by atoms with E-state index in [1.807, 2.05) is 73.7 Å². The molecular weight excluding hydrogens is 649 g/mol. The van der Waals surface area contributed by atoms with Gasteiger partial charge in [-0.05, 0) is 78.8 Å². The predicted molar refractivity (Wildman–Crippen MR) is 166 cm³/mol. The second-order valence-electron chi connectivity index (χ2n) is 9.46. The fourth-order valence-electron chi connectivity index (χ4n) is 4.64. The van der Waals surface area contributed by atoms with Gasteiger partial charge >= 0.3 is 5.97 Å². The molecule has 1 aromatic heterocycles. The molecule has 5 rings (SSSR count). The van der Waals surface area contributed by atoms with Crippen LogP contribution in [-0.4, -0.2) is 17.1 Å². The lowest BCUT2D eigenvalue weighted by molar-refractivity contribution is -0.139. The Labute approximate surface area is 254 Å². The van der Waals surface area contributed by atoms with E-state index in [1.54, 1.807) is 24.5 Å². The number of halogens is 1. The van der Waals surface area contributed by atoms with E-state index in [9.17, 15) is 14.9 Å². The fraction of sp³-hybridized carbons (Fsp3) is 0.188. The van der Waals surface area contributed by atoms with Crippen LogP contribution in [-0.2, 0) is 16.1 Å². The number of nitriles is 1. The second-order valence-corrected chi connectivity index (χ2v) is 11.6. The van der Waals surface area contributed by atoms with Crippen LogP contribution in [0.25, 0.3) is 6.08 Å². The Morgan fingerprint density at radius 1 is 1.15 bits per heavy atom. The number of esters is 1. The van der Waals surface area contributed by atoms with Gasteiger partial charge in [-0.2, -0.15) is 5.26 Å². The zero-order valence-corrected chi connectivity index (χ0v) is 25.7. The van der Waals surface area contributed by atoms with Crippen molar-refractivity contribution in [1.29, 1.82) is 5.26 Å². The molecule has 7 nitrogen and oxygen atoms in total. The van der Waals surface area contributed by atoms with Gasteiger partial charge in [-0.15, -0.1) is 0 Å². The van der Waals surface area contributed by atoms with Crippen molar-refractivity contribution in [1.82, 2.24) is 4.57 Å². The third-order valence-corrected chi connectivity index (χ3v) is 8.51. The highest BCUT2D eigenvalue weighted by Gasteiger charge is 2.33. The molecule has 1 atom stereocenters. The van der Waals surface area contributed by atoms with E-state index in [-0.39, 0.29) is 18.8 Å². The molecule has 0 radical (unpaired) electrons. The van der Waals surface area contributed by atoms with Crippen LogP contribution in [0.3, 0.4) is 0 Å². The Bertz CT molecular complexity index is 1900. The van der Waals surface area contributed by atoms with Gasteiger partial charge in [0.1, 0.15) is 12.4 Å². The SMILES string of the molecule is CCOC(=O)C1=C(C)N=c2s/c(=C/c3ccc(OCc4ccccc4C#N)c(I)c3)c(=O)n2[C@@H]1c1ccc(C)cc1. The van der Waals surface area contributed by atoms with Gasteiger partial charge in [0.05, 0.1) is 43.7 Å². The summed E-state index contributed by atoms with van der Waals surface area (Å²) in [5.41, 5.74) is 4.80. The van der Waals surface area contributed by atoms with E-state index in [1.165, 1.54) is 11.3 Å². The van der Waals surface area contributed by atoms with Crippen molar-refractivity contribution in [2.24, 2.45) is 4.99 Å². The number of nitrogens with zero attached hydrogens (tertiary/aromatic N) is 3. The van der Waals surface area contributed by atoms with Gasteiger partial charge in [0, 0.05) is 5.56 Å². The number of benzene rings is 3. The van der Waals surface area contributed by atoms with Crippen LogP contribution in [0, 0.1) is 21.8 Å². The Kier molecular flexibility index (Phi) is 8.52. The summed E-state index contributed by atoms with van der Waals surface area (Å²) in [4.78, 5) is 32.0. The number of hydrogen-bond donors (Lipinski definition) is 0. The second kappa shape index (κ2) is 12.2. The Morgan fingerprint density at radius 3 is 2.61 bits per heavy atom. The van der Waals surface area contributed by atoms with Crippen molar-refractivity contribution >= 4 is 46.0 Å². The molecule has 0 unspecified atom stereocenters. The van der Waals surface area contributed by atoms with E-state index in [2.05, 4.69) is 33.7 Å². The van der Waals surface area contributed by atoms with Gasteiger partial charge < -0.3 is 9.47 Å². The van der Waals surface area contributed by atoms with Crippen LogP contribution in [0.4, 0.5) is 0 Å². The maximum atomic E-state index is 13.8. The molecule has 1 aliphatic rings. The lowest BCUT2D eigenvalue weighted by Crippen LogP contribution is -2.39. The Morgan fingerprint density at radius 2 is 1.90 bits per heavy atom. The van der Waals surface area contributed by atoms with Gasteiger partial charge in [0.2, 0.25) is 0 Å². The normalized spacial score (nSPS) is 14.7. The first-order valence-electron chi connectivity index (χ1n) is 13.0. The molecule has 41 heavy (non-hydrogen) atoms. The van der Waals surface area contributed by atoms with Crippen molar-refractivity contribution in [2.75, 3.05) is 6.61 Å². The first-order chi connectivity index (χ1) is 19.8. The third-order valence-electron chi connectivity index (χ3n) is 6.68. The first kappa shape index (κ1) is 28.5. The maximum absolute atomic E-state index is 13.8. The maximum Gasteiger partial charge on any atom is 0.338 e. The molecule has 9 heteroatoms. The van der Waals surface area contributed by atoms with Crippen LogP contribution in [0.5, 0.6) is 5.75 Å². The third kappa shape index (κ3) is 5.89. The van der Waals surface area contributed by atoms with E-state index in [0.29, 0.717) is 31.9 Å². The molecule has 0 saturated carbocycles. The molecule has 1 aliphatic heterocycles. The van der Waals surface area contributed by atoms with Crippen molar-refractivity contribution in [3.63, 3.8) is 0 Å². The molecule has 2 heterocycles. The number of carbonyl (C=O) groups excluding carboxylic acids is 1. The molecule has 0 N–H and O–H groups in total. The number of fused-ring (bicyclic) bond motifs is 1. The molecular formula is C32H26IN3O4S. The van der Waals surface area contributed by atoms with Crippen LogP contribution < -0.4 is 19.6 Å². The summed E-state index contributed by atoms with van der Waals surface area (Å²) in [6.07, 6.45) is 1.83. The lowest BCUT2D eigenvalue weighted by atomic mass is 9.95. The minimum atomic E-state index is -0.639. The average Bonchev–Trinajstić information content (AvgIpc) is 3.26. The molecule has 4 aromatic rings. The van der Waals surface area contributed by atoms with Crippen molar-refractivity contribution in [3.8, 4) is 11.8 Å². The smallest absolute Gasteiger partial charge is 0.338 e. The number of carbonyl (C=O) groups is 1. The number of aryl methyl sites for hydroxylation is 1. The highest BCUT2D eigenvalue weighted by atomic mass is 127. The van der Waals surface area contributed by atoms with E-state index < -0.39 is 12.0 Å². The standard InChI is InChI=1S/C32H26IN3O4S/c1-4-39-31(38)28-20(3)35-32-36(29(28)22-12-9-19(2)10-13-22)30(37)27(41-32)16-21-11-14-26(25(33)15-21)40-18-24-8-6-5-7-23(24)17-34/h5-16,29H,4,18H2,1-3H3/b27-16+/t29-/m1/s1. The molecule has 206 valence electrons. The summed E-state index contributed by atoms with van der Waals surface area (Å²) in [5.74, 6) is 0.210. The van der Waals surface area contributed by atoms with Crippen LogP contribution in [0.1, 0.15) is 47.7 Å². The van der Waals surface area contributed by atoms with Crippen LogP contribution in [0.2, 0.25) is 0 Å². The van der Waals surface area contributed by atoms with Gasteiger partial charge in [-0.3, -0.25) is 9.36 Å². The number of allylic oxidation sites excluding steroid dienone is 1. The summed E-state index contributed by atoms with van der Waals surface area (Å²) in [7, 11) is 0. The zero-order valence-electron chi connectivity index (χ0n) is 22.7. The number of thiazole rings is 1. The van der Waals surface area contributed by atoms with Crippen molar-refractivity contribution in [3.05, 3.63) is 129 Å². The minimum absolute atomic E-state index is 0.225. The van der Waals surface area contributed by atoms with Gasteiger partial charge in [-0.1, -0.05) is 65.4 Å². The number of hydrogen-bond acceptors (Lipinski definition) is 7. The number of rotatable bonds is 7.